The number of hydrogen-bond acceptors (Lipinski definition) is 1. The van der Waals surface area contributed by atoms with E-state index in [1.807, 2.05) is 0 Å². The molecule has 0 N–H and O–H groups in total. The molecular weight excluding hydrogens is 721 g/mol. The van der Waals surface area contributed by atoms with Crippen LogP contribution in [0.5, 0.6) is 0 Å². The van der Waals surface area contributed by atoms with Gasteiger partial charge in [-0.3, -0.25) is 0 Å². The maximum absolute atomic E-state index is 6.91. The second-order valence-corrected chi connectivity index (χ2v) is 19.0. The fourth-order valence-corrected chi connectivity index (χ4v) is 14.9. The van der Waals surface area contributed by atoms with Gasteiger partial charge in [0.15, 0.2) is 8.07 Å². The predicted molar refractivity (Wildman–Crippen MR) is 246 cm³/mol. The average Bonchev–Trinajstić information content (AvgIpc) is 3.95. The summed E-state index contributed by atoms with van der Waals surface area (Å²) >= 11 is 0. The molecule has 272 valence electrons. The van der Waals surface area contributed by atoms with E-state index >= 15 is 0 Å². The Morgan fingerprint density at radius 3 is 1.31 bits per heavy atom. The molecule has 4 heteroatoms. The normalized spacial score (nSPS) is 12.1. The van der Waals surface area contributed by atoms with Gasteiger partial charge in [-0.25, -0.2) is 0 Å². The zero-order valence-corrected chi connectivity index (χ0v) is 32.6. The molecule has 0 aliphatic heterocycles. The van der Waals surface area contributed by atoms with Gasteiger partial charge in [-0.15, -0.1) is 0 Å². The zero-order valence-electron chi connectivity index (χ0n) is 31.6. The van der Waals surface area contributed by atoms with E-state index in [1.54, 1.807) is 0 Å². The van der Waals surface area contributed by atoms with Crippen molar-refractivity contribution in [3.05, 3.63) is 218 Å². The zero-order chi connectivity index (χ0) is 38.2. The summed E-state index contributed by atoms with van der Waals surface area (Å²) in [7, 11) is -2.81. The first-order valence-electron chi connectivity index (χ1n) is 19.9. The number of fused-ring (bicyclic) bond motifs is 9. The highest BCUT2D eigenvalue weighted by atomic mass is 28.3. The van der Waals surface area contributed by atoms with Gasteiger partial charge in [0.1, 0.15) is 11.2 Å². The lowest BCUT2D eigenvalue weighted by molar-refractivity contribution is 0.669. The van der Waals surface area contributed by atoms with Crippen LogP contribution in [0.4, 0.5) is 0 Å². The molecule has 3 heterocycles. The molecule has 0 aliphatic carbocycles. The van der Waals surface area contributed by atoms with Gasteiger partial charge in [-0.1, -0.05) is 158 Å². The van der Waals surface area contributed by atoms with Gasteiger partial charge in [0, 0.05) is 49.8 Å². The van der Waals surface area contributed by atoms with E-state index < -0.39 is 8.07 Å². The molecule has 0 saturated carbocycles. The van der Waals surface area contributed by atoms with Crippen LogP contribution in [0.25, 0.3) is 76.9 Å². The molecule has 12 aromatic rings. The maximum atomic E-state index is 6.91. The molecule has 58 heavy (non-hydrogen) atoms. The Morgan fingerprint density at radius 2 is 0.759 bits per heavy atom. The van der Waals surface area contributed by atoms with Gasteiger partial charge < -0.3 is 13.6 Å². The number of aromatic nitrogens is 2. The standard InChI is InChI=1S/C54H36N2OSi/c1-4-17-39(18-5-1)58(40-19-6-2-7-20-40,41-21-8-3-9-22-41)53-30-16-29-51-54(53)45-33-31-38(36-52(45)57-51)56-49-28-15-12-25-44(49)46-35-37(32-34-50(46)56)55-47-26-13-10-23-42(47)43-24-11-14-27-48(43)55/h1-36H. The van der Waals surface area contributed by atoms with Crippen molar-refractivity contribution >= 4 is 94.4 Å². The third-order valence-corrected chi connectivity index (χ3v) is 17.1. The van der Waals surface area contributed by atoms with Crippen LogP contribution in [-0.4, -0.2) is 17.2 Å². The predicted octanol–water partition coefficient (Wildman–Crippen LogP) is 11.2. The van der Waals surface area contributed by atoms with E-state index in [9.17, 15) is 0 Å². The van der Waals surface area contributed by atoms with E-state index in [2.05, 4.69) is 228 Å². The molecular formula is C54H36N2OSi. The lowest BCUT2D eigenvalue weighted by atomic mass is 10.1. The highest BCUT2D eigenvalue weighted by Crippen LogP contribution is 2.38. The second-order valence-electron chi connectivity index (χ2n) is 15.2. The van der Waals surface area contributed by atoms with Crippen LogP contribution in [0.1, 0.15) is 0 Å². The summed E-state index contributed by atoms with van der Waals surface area (Å²) in [6.45, 7) is 0. The smallest absolute Gasteiger partial charge is 0.180 e. The van der Waals surface area contributed by atoms with E-state index in [4.69, 9.17) is 4.42 Å². The topological polar surface area (TPSA) is 23.0 Å². The molecule has 0 saturated heterocycles. The Morgan fingerprint density at radius 1 is 0.310 bits per heavy atom. The van der Waals surface area contributed by atoms with Crippen LogP contribution >= 0.6 is 0 Å². The number of hydrogen-bond donors (Lipinski definition) is 0. The monoisotopic (exact) mass is 756 g/mol. The summed E-state index contributed by atoms with van der Waals surface area (Å²) < 4.78 is 11.7. The Labute approximate surface area is 336 Å². The van der Waals surface area contributed by atoms with Crippen molar-refractivity contribution in [2.75, 3.05) is 0 Å². The van der Waals surface area contributed by atoms with Gasteiger partial charge in [0.2, 0.25) is 0 Å². The first kappa shape index (κ1) is 32.8. The largest absolute Gasteiger partial charge is 0.456 e. The molecule has 0 fully saturated rings. The van der Waals surface area contributed by atoms with E-state index in [1.165, 1.54) is 58.7 Å². The minimum atomic E-state index is -2.81. The number of para-hydroxylation sites is 3. The highest BCUT2D eigenvalue weighted by Gasteiger charge is 2.43. The van der Waals surface area contributed by atoms with Crippen LogP contribution in [-0.2, 0) is 0 Å². The first-order valence-corrected chi connectivity index (χ1v) is 21.9. The van der Waals surface area contributed by atoms with Crippen molar-refractivity contribution in [3.8, 4) is 11.4 Å². The fraction of sp³-hybridized carbons (Fsp3) is 0. The van der Waals surface area contributed by atoms with E-state index in [0.29, 0.717) is 0 Å². The second kappa shape index (κ2) is 12.8. The fourth-order valence-electron chi connectivity index (χ4n) is 9.88. The molecule has 12 rings (SSSR count). The Bertz CT molecular complexity index is 3360. The molecule has 0 spiro atoms. The quantitative estimate of drug-likeness (QED) is 0.122. The molecule has 0 radical (unpaired) electrons. The van der Waals surface area contributed by atoms with Gasteiger partial charge in [-0.2, -0.15) is 0 Å². The number of benzene rings is 9. The van der Waals surface area contributed by atoms with Crippen molar-refractivity contribution in [1.82, 2.24) is 9.13 Å². The minimum absolute atomic E-state index is 0.880. The lowest BCUT2D eigenvalue weighted by Gasteiger charge is -2.34. The van der Waals surface area contributed by atoms with Crippen LogP contribution < -0.4 is 20.7 Å². The van der Waals surface area contributed by atoms with Gasteiger partial charge >= 0.3 is 0 Å². The van der Waals surface area contributed by atoms with Crippen LogP contribution in [0.2, 0.25) is 0 Å². The molecule has 0 bridgehead atoms. The molecule has 9 aromatic carbocycles. The van der Waals surface area contributed by atoms with Crippen molar-refractivity contribution in [1.29, 1.82) is 0 Å². The third kappa shape index (κ3) is 4.67. The highest BCUT2D eigenvalue weighted by molar-refractivity contribution is 7.20. The summed E-state index contributed by atoms with van der Waals surface area (Å²) in [5.74, 6) is 0. The maximum Gasteiger partial charge on any atom is 0.180 e. The summed E-state index contributed by atoms with van der Waals surface area (Å²) in [5.41, 5.74) is 8.74. The van der Waals surface area contributed by atoms with Crippen LogP contribution in [0, 0.1) is 0 Å². The Balaban J connectivity index is 1.09. The Kier molecular flexibility index (Phi) is 7.25. The molecule has 3 aromatic heterocycles. The Hall–Kier alpha value is -7.40. The van der Waals surface area contributed by atoms with Crippen molar-refractivity contribution in [3.63, 3.8) is 0 Å². The number of rotatable bonds is 6. The minimum Gasteiger partial charge on any atom is -0.456 e. The number of furan rings is 1. The summed E-state index contributed by atoms with van der Waals surface area (Å²) in [5, 5.41) is 12.6. The van der Waals surface area contributed by atoms with Crippen molar-refractivity contribution in [2.45, 2.75) is 0 Å². The van der Waals surface area contributed by atoms with Crippen LogP contribution in [0.15, 0.2) is 223 Å². The third-order valence-electron chi connectivity index (χ3n) is 12.3. The van der Waals surface area contributed by atoms with Crippen molar-refractivity contribution in [2.24, 2.45) is 0 Å². The van der Waals surface area contributed by atoms with E-state index in [-0.39, 0.29) is 0 Å². The van der Waals surface area contributed by atoms with Crippen molar-refractivity contribution < 1.29 is 4.42 Å². The summed E-state index contributed by atoms with van der Waals surface area (Å²) in [6.07, 6.45) is 0. The first-order chi connectivity index (χ1) is 28.8. The van der Waals surface area contributed by atoms with Gasteiger partial charge in [-0.05, 0) is 75.3 Å². The molecule has 0 atom stereocenters. The molecule has 0 aliphatic rings. The van der Waals surface area contributed by atoms with Gasteiger partial charge in [0.25, 0.3) is 0 Å². The molecule has 0 amide bonds. The lowest BCUT2D eigenvalue weighted by Crippen LogP contribution is -2.74. The molecule has 0 unspecified atom stereocenters. The average molecular weight is 757 g/mol. The van der Waals surface area contributed by atoms with Crippen LogP contribution in [0.3, 0.4) is 0 Å². The summed E-state index contributed by atoms with van der Waals surface area (Å²) in [6, 6.07) is 79.9. The summed E-state index contributed by atoms with van der Waals surface area (Å²) in [4.78, 5) is 0. The number of nitrogens with zero attached hydrogens (tertiary/aromatic N) is 2. The van der Waals surface area contributed by atoms with E-state index in [0.717, 1.165) is 39.0 Å². The SMILES string of the molecule is c1ccc([Si](c2ccccc2)(c2ccccc2)c2cccc3oc4cc(-n5c6ccccc6c6cc(-n7c8ccccc8c8ccccc87)ccc65)ccc4c23)cc1. The molecule has 3 nitrogen and oxygen atoms in total. The van der Waals surface area contributed by atoms with Gasteiger partial charge in [0.05, 0.1) is 22.1 Å².